The fraction of sp³-hybridized carbons (Fsp3) is 0.789. The molecule has 0 rings (SSSR count). The van der Waals surface area contributed by atoms with Crippen LogP contribution in [0.15, 0.2) is 72.9 Å². The van der Waals surface area contributed by atoms with Gasteiger partial charge in [-0.2, -0.15) is 0 Å². The van der Waals surface area contributed by atoms with E-state index in [-0.39, 0.29) is 37.5 Å². The van der Waals surface area contributed by atoms with Crippen molar-refractivity contribution in [1.29, 1.82) is 0 Å². The van der Waals surface area contributed by atoms with E-state index in [0.29, 0.717) is 12.8 Å². The van der Waals surface area contributed by atoms with E-state index < -0.39 is 6.10 Å². The molecule has 1 atom stereocenters. The van der Waals surface area contributed by atoms with Gasteiger partial charge in [0.05, 0.1) is 0 Å². The second-order valence-electron chi connectivity index (χ2n) is 22.4. The first kappa shape index (κ1) is 73.8. The van der Waals surface area contributed by atoms with Gasteiger partial charge in [0.25, 0.3) is 0 Å². The molecular weight excluding hydrogens is 949 g/mol. The van der Waals surface area contributed by atoms with Crippen LogP contribution in [0.1, 0.15) is 342 Å². The third-order valence-corrected chi connectivity index (χ3v) is 14.7. The molecule has 0 saturated carbocycles. The summed E-state index contributed by atoms with van der Waals surface area (Å²) in [6.07, 6.45) is 85.2. The van der Waals surface area contributed by atoms with Crippen molar-refractivity contribution >= 4 is 17.9 Å². The molecule has 0 aliphatic rings. The number of hydrogen-bond acceptors (Lipinski definition) is 6. The van der Waals surface area contributed by atoms with Gasteiger partial charge >= 0.3 is 17.9 Å². The zero-order valence-electron chi connectivity index (χ0n) is 51.2. The van der Waals surface area contributed by atoms with Crippen LogP contribution in [0.4, 0.5) is 0 Å². The Morgan fingerprint density at radius 1 is 0.273 bits per heavy atom. The molecule has 6 nitrogen and oxygen atoms in total. The Morgan fingerprint density at radius 2 is 0.532 bits per heavy atom. The van der Waals surface area contributed by atoms with E-state index in [4.69, 9.17) is 14.2 Å². The minimum absolute atomic E-state index is 0.0891. The van der Waals surface area contributed by atoms with Crippen LogP contribution < -0.4 is 0 Å². The number of allylic oxidation sites excluding steroid dienone is 12. The van der Waals surface area contributed by atoms with Crippen LogP contribution in [0.2, 0.25) is 0 Å². The molecule has 0 aromatic rings. The normalized spacial score (nSPS) is 12.5. The highest BCUT2D eigenvalue weighted by molar-refractivity contribution is 5.71. The highest BCUT2D eigenvalue weighted by atomic mass is 16.6. The van der Waals surface area contributed by atoms with Gasteiger partial charge in [0, 0.05) is 19.3 Å². The van der Waals surface area contributed by atoms with Crippen molar-refractivity contribution in [3.63, 3.8) is 0 Å². The Hall–Kier alpha value is -3.15. The van der Waals surface area contributed by atoms with E-state index in [2.05, 4.69) is 93.7 Å². The van der Waals surface area contributed by atoms with E-state index in [9.17, 15) is 14.4 Å². The third-order valence-electron chi connectivity index (χ3n) is 14.7. The first-order valence-electron chi connectivity index (χ1n) is 33.4. The molecule has 446 valence electrons. The smallest absolute Gasteiger partial charge is 0.306 e. The Morgan fingerprint density at radius 3 is 0.870 bits per heavy atom. The molecule has 77 heavy (non-hydrogen) atoms. The molecule has 1 unspecified atom stereocenters. The van der Waals surface area contributed by atoms with E-state index in [1.165, 1.54) is 186 Å². The summed E-state index contributed by atoms with van der Waals surface area (Å²) in [6, 6.07) is 0. The molecular formula is C71H126O6. The van der Waals surface area contributed by atoms with Crippen LogP contribution in [0.5, 0.6) is 0 Å². The standard InChI is InChI=1S/C71H126O6/c1-4-7-10-13-16-19-22-24-26-28-30-31-32-33-34-35-36-37-38-39-40-42-43-45-47-49-52-55-58-61-64-70(73)76-67-68(66-75-69(72)63-60-57-54-51-21-18-15-12-9-6-3)77-71(74)65-62-59-56-53-50-48-46-44-41-29-27-25-23-20-17-14-11-8-5-2/h8,11-12,15,17,20,25,27,41,44,48,50,68H,4-7,9-10,13-14,16,18-19,21-24,26,28-40,42-43,45-47,49,51-67H2,1-3H3/b11-8-,15-12-,20-17-,27-25-,44-41-,50-48-. The van der Waals surface area contributed by atoms with Gasteiger partial charge in [0.1, 0.15) is 13.2 Å². The first-order valence-corrected chi connectivity index (χ1v) is 33.4. The van der Waals surface area contributed by atoms with Gasteiger partial charge in [-0.25, -0.2) is 0 Å². The summed E-state index contributed by atoms with van der Waals surface area (Å²) in [5.41, 5.74) is 0. The van der Waals surface area contributed by atoms with E-state index >= 15 is 0 Å². The Kier molecular flexibility index (Phi) is 62.7. The van der Waals surface area contributed by atoms with Crippen LogP contribution >= 0.6 is 0 Å². The second kappa shape index (κ2) is 65.4. The first-order chi connectivity index (χ1) is 38.0. The van der Waals surface area contributed by atoms with E-state index in [1.807, 2.05) is 0 Å². The Labute approximate surface area is 478 Å². The lowest BCUT2D eigenvalue weighted by molar-refractivity contribution is -0.167. The van der Waals surface area contributed by atoms with Gasteiger partial charge < -0.3 is 14.2 Å². The topological polar surface area (TPSA) is 78.9 Å². The largest absolute Gasteiger partial charge is 0.462 e. The predicted molar refractivity (Wildman–Crippen MR) is 335 cm³/mol. The Bertz CT molecular complexity index is 1420. The van der Waals surface area contributed by atoms with Crippen molar-refractivity contribution in [2.45, 2.75) is 348 Å². The molecule has 0 heterocycles. The summed E-state index contributed by atoms with van der Waals surface area (Å²) in [5, 5.41) is 0. The lowest BCUT2D eigenvalue weighted by atomic mass is 10.0. The molecule has 0 amide bonds. The van der Waals surface area contributed by atoms with E-state index in [1.54, 1.807) is 0 Å². The number of rotatable bonds is 61. The SMILES string of the molecule is CC/C=C\C/C=C\C/C=C\C/C=C\C/C=C\CCCCCC(=O)OC(COC(=O)CCCCCCC/C=C\CCC)COC(=O)CCCCCCCCCCCCCCCCCCCCCCCCCCCCCCCC. The van der Waals surface area contributed by atoms with Crippen molar-refractivity contribution in [3.05, 3.63) is 72.9 Å². The number of carbonyl (C=O) groups excluding carboxylic acids is 3. The molecule has 0 N–H and O–H groups in total. The molecule has 0 aromatic heterocycles. The maximum absolute atomic E-state index is 12.9. The van der Waals surface area contributed by atoms with Gasteiger partial charge in [-0.15, -0.1) is 0 Å². The maximum atomic E-state index is 12.9. The summed E-state index contributed by atoms with van der Waals surface area (Å²) in [4.78, 5) is 38.2. The highest BCUT2D eigenvalue weighted by Crippen LogP contribution is 2.18. The fourth-order valence-electron chi connectivity index (χ4n) is 9.71. The zero-order chi connectivity index (χ0) is 55.7. The number of hydrogen-bond donors (Lipinski definition) is 0. The van der Waals surface area contributed by atoms with Crippen molar-refractivity contribution < 1.29 is 28.6 Å². The molecule has 0 aliphatic carbocycles. The van der Waals surface area contributed by atoms with E-state index in [0.717, 1.165) is 116 Å². The van der Waals surface area contributed by atoms with Crippen LogP contribution in [-0.4, -0.2) is 37.2 Å². The number of carbonyl (C=O) groups is 3. The molecule has 0 aromatic carbocycles. The average Bonchev–Trinajstić information content (AvgIpc) is 3.43. The molecule has 0 bridgehead atoms. The molecule has 0 radical (unpaired) electrons. The molecule has 0 fully saturated rings. The van der Waals surface area contributed by atoms with Crippen molar-refractivity contribution in [2.24, 2.45) is 0 Å². The molecule has 0 aliphatic heterocycles. The quantitative estimate of drug-likeness (QED) is 0.0261. The van der Waals surface area contributed by atoms with Gasteiger partial charge in [0.2, 0.25) is 0 Å². The molecule has 6 heteroatoms. The van der Waals surface area contributed by atoms with Gasteiger partial charge in [-0.05, 0) is 83.5 Å². The lowest BCUT2D eigenvalue weighted by Gasteiger charge is -2.18. The van der Waals surface area contributed by atoms with Crippen LogP contribution in [-0.2, 0) is 28.6 Å². The van der Waals surface area contributed by atoms with Gasteiger partial charge in [0.15, 0.2) is 6.10 Å². The number of ether oxygens (including phenoxy) is 3. The molecule has 0 saturated heterocycles. The summed E-state index contributed by atoms with van der Waals surface area (Å²) < 4.78 is 16.9. The number of esters is 3. The minimum Gasteiger partial charge on any atom is -0.462 e. The van der Waals surface area contributed by atoms with Crippen molar-refractivity contribution in [1.82, 2.24) is 0 Å². The fourth-order valence-corrected chi connectivity index (χ4v) is 9.71. The maximum Gasteiger partial charge on any atom is 0.306 e. The van der Waals surface area contributed by atoms with Crippen LogP contribution in [0.3, 0.4) is 0 Å². The van der Waals surface area contributed by atoms with Crippen LogP contribution in [0, 0.1) is 0 Å². The lowest BCUT2D eigenvalue weighted by Crippen LogP contribution is -2.30. The molecule has 0 spiro atoms. The Balaban J connectivity index is 4.16. The van der Waals surface area contributed by atoms with Crippen molar-refractivity contribution in [3.8, 4) is 0 Å². The highest BCUT2D eigenvalue weighted by Gasteiger charge is 2.19. The minimum atomic E-state index is -0.795. The summed E-state index contributed by atoms with van der Waals surface area (Å²) >= 11 is 0. The summed E-state index contributed by atoms with van der Waals surface area (Å²) in [7, 11) is 0. The number of unbranched alkanes of at least 4 members (excludes halogenated alkanes) is 38. The van der Waals surface area contributed by atoms with Gasteiger partial charge in [-0.1, -0.05) is 312 Å². The van der Waals surface area contributed by atoms with Gasteiger partial charge in [-0.3, -0.25) is 14.4 Å². The summed E-state index contributed by atoms with van der Waals surface area (Å²) in [5.74, 6) is -0.919. The second-order valence-corrected chi connectivity index (χ2v) is 22.4. The summed E-state index contributed by atoms with van der Waals surface area (Å²) in [6.45, 7) is 6.47. The van der Waals surface area contributed by atoms with Crippen LogP contribution in [0.25, 0.3) is 0 Å². The van der Waals surface area contributed by atoms with Crippen molar-refractivity contribution in [2.75, 3.05) is 13.2 Å². The predicted octanol–water partition coefficient (Wildman–Crippen LogP) is 22.9. The zero-order valence-corrected chi connectivity index (χ0v) is 51.2. The average molecular weight is 1080 g/mol. The third kappa shape index (κ3) is 63.6. The monoisotopic (exact) mass is 1070 g/mol.